The quantitative estimate of drug-likeness (QED) is 0.300. The van der Waals surface area contributed by atoms with E-state index in [1.807, 2.05) is 6.08 Å². The minimum Gasteiger partial charge on any atom is -0.417 e. The molecule has 0 aromatic heterocycles. The molecule has 0 N–H and O–H groups in total. The van der Waals surface area contributed by atoms with Crippen LogP contribution in [0.5, 0.6) is 0 Å². The lowest BCUT2D eigenvalue weighted by atomic mass is 10.2. The van der Waals surface area contributed by atoms with Crippen molar-refractivity contribution in [1.82, 2.24) is 0 Å². The maximum absolute atomic E-state index is 5.99. The fraction of sp³-hybridized carbons (Fsp3) is 0.818. The maximum Gasteiger partial charge on any atom is 0.191 e. The van der Waals surface area contributed by atoms with E-state index in [1.54, 1.807) is 0 Å². The number of halogens is 1. The van der Waals surface area contributed by atoms with Gasteiger partial charge in [0.25, 0.3) is 0 Å². The Hall–Kier alpha value is 0.207. The molecule has 0 saturated heterocycles. The van der Waals surface area contributed by atoms with Crippen LogP contribution in [0.15, 0.2) is 12.2 Å². The van der Waals surface area contributed by atoms with Crippen molar-refractivity contribution in [3.05, 3.63) is 12.2 Å². The molecule has 0 aliphatic heterocycles. The zero-order chi connectivity index (χ0) is 11.2. The molecule has 0 atom stereocenters. The summed E-state index contributed by atoms with van der Waals surface area (Å²) in [5.41, 5.74) is 0. The van der Waals surface area contributed by atoms with Gasteiger partial charge in [-0.2, -0.15) is 0 Å². The van der Waals surface area contributed by atoms with Crippen LogP contribution in [0.3, 0.4) is 0 Å². The molecule has 0 rings (SSSR count). The Kier molecular flexibility index (Phi) is 6.02. The first-order valence-corrected chi connectivity index (χ1v) is 8.60. The van der Waals surface area contributed by atoms with Gasteiger partial charge in [-0.25, -0.2) is 0 Å². The SMILES string of the molecule is CC(C)(C)[Si](C)(C)OCCC=CCCl. The molecule has 3 heteroatoms. The van der Waals surface area contributed by atoms with Crippen molar-refractivity contribution in [3.8, 4) is 0 Å². The normalized spacial score (nSPS) is 13.9. The third kappa shape index (κ3) is 5.18. The first-order valence-electron chi connectivity index (χ1n) is 5.16. The van der Waals surface area contributed by atoms with Crippen molar-refractivity contribution in [3.63, 3.8) is 0 Å². The van der Waals surface area contributed by atoms with Gasteiger partial charge in [-0.15, -0.1) is 11.6 Å². The largest absolute Gasteiger partial charge is 0.417 e. The van der Waals surface area contributed by atoms with Crippen molar-refractivity contribution in [1.29, 1.82) is 0 Å². The third-order valence-electron chi connectivity index (χ3n) is 2.81. The predicted octanol–water partition coefficient (Wildman–Crippen LogP) is 4.19. The fourth-order valence-corrected chi connectivity index (χ4v) is 1.97. The lowest BCUT2D eigenvalue weighted by Gasteiger charge is -2.36. The van der Waals surface area contributed by atoms with E-state index < -0.39 is 8.32 Å². The van der Waals surface area contributed by atoms with Gasteiger partial charge < -0.3 is 4.43 Å². The smallest absolute Gasteiger partial charge is 0.191 e. The molecule has 0 unspecified atom stereocenters. The standard InChI is InChI=1S/C11H23ClOSi/c1-11(2,3)14(4,5)13-10-8-6-7-9-12/h6-7H,8-10H2,1-5H3. The first-order chi connectivity index (χ1) is 6.31. The summed E-state index contributed by atoms with van der Waals surface area (Å²) in [4.78, 5) is 0. The summed E-state index contributed by atoms with van der Waals surface area (Å²) in [6, 6.07) is 0. The fourth-order valence-electron chi connectivity index (χ4n) is 0.779. The Morgan fingerprint density at radius 2 is 1.79 bits per heavy atom. The number of allylic oxidation sites excluding steroid dienone is 1. The van der Waals surface area contributed by atoms with E-state index in [9.17, 15) is 0 Å². The third-order valence-corrected chi connectivity index (χ3v) is 7.53. The van der Waals surface area contributed by atoms with Gasteiger partial charge in [0.15, 0.2) is 8.32 Å². The molecular formula is C11H23ClOSi. The van der Waals surface area contributed by atoms with E-state index in [2.05, 4.69) is 39.9 Å². The van der Waals surface area contributed by atoms with E-state index in [-0.39, 0.29) is 0 Å². The molecule has 0 aliphatic carbocycles. The second kappa shape index (κ2) is 5.94. The summed E-state index contributed by atoms with van der Waals surface area (Å²) >= 11 is 5.52. The van der Waals surface area contributed by atoms with Crippen LogP contribution in [-0.2, 0) is 4.43 Å². The van der Waals surface area contributed by atoms with Crippen LogP contribution in [-0.4, -0.2) is 20.8 Å². The van der Waals surface area contributed by atoms with Crippen molar-refractivity contribution < 1.29 is 4.43 Å². The maximum atomic E-state index is 5.99. The lowest BCUT2D eigenvalue weighted by Crippen LogP contribution is -2.40. The molecule has 0 bridgehead atoms. The van der Waals surface area contributed by atoms with Crippen molar-refractivity contribution >= 4 is 19.9 Å². The molecule has 0 aromatic rings. The van der Waals surface area contributed by atoms with E-state index >= 15 is 0 Å². The highest BCUT2D eigenvalue weighted by molar-refractivity contribution is 6.74. The highest BCUT2D eigenvalue weighted by Gasteiger charge is 2.36. The Labute approximate surface area is 94.6 Å². The van der Waals surface area contributed by atoms with Crippen LogP contribution in [0.25, 0.3) is 0 Å². The Morgan fingerprint density at radius 3 is 2.21 bits per heavy atom. The zero-order valence-corrected chi connectivity index (χ0v) is 11.8. The summed E-state index contributed by atoms with van der Waals surface area (Å²) in [7, 11) is -1.53. The Bertz CT molecular complexity index is 182. The molecular weight excluding hydrogens is 212 g/mol. The summed E-state index contributed by atoms with van der Waals surface area (Å²) in [6.07, 6.45) is 5.02. The van der Waals surface area contributed by atoms with Crippen LogP contribution >= 0.6 is 11.6 Å². The highest BCUT2D eigenvalue weighted by atomic mass is 35.5. The Morgan fingerprint density at radius 1 is 1.21 bits per heavy atom. The molecule has 0 aliphatic rings. The van der Waals surface area contributed by atoms with Gasteiger partial charge in [0.1, 0.15) is 0 Å². The van der Waals surface area contributed by atoms with Gasteiger partial charge >= 0.3 is 0 Å². The van der Waals surface area contributed by atoms with E-state index in [0.29, 0.717) is 10.9 Å². The second-order valence-electron chi connectivity index (χ2n) is 5.02. The zero-order valence-electron chi connectivity index (χ0n) is 10.1. The number of alkyl halides is 1. The van der Waals surface area contributed by atoms with Crippen LogP contribution in [0, 0.1) is 0 Å². The van der Waals surface area contributed by atoms with E-state index in [0.717, 1.165) is 13.0 Å². The molecule has 0 fully saturated rings. The van der Waals surface area contributed by atoms with Gasteiger partial charge in [-0.05, 0) is 24.6 Å². The lowest BCUT2D eigenvalue weighted by molar-refractivity contribution is 0.294. The predicted molar refractivity (Wildman–Crippen MR) is 67.6 cm³/mol. The van der Waals surface area contributed by atoms with E-state index in [4.69, 9.17) is 16.0 Å². The monoisotopic (exact) mass is 234 g/mol. The Balaban J connectivity index is 3.83. The summed E-state index contributed by atoms with van der Waals surface area (Å²) in [5.74, 6) is 0.597. The molecule has 1 nitrogen and oxygen atoms in total. The van der Waals surface area contributed by atoms with Crippen LogP contribution < -0.4 is 0 Å². The van der Waals surface area contributed by atoms with Crippen molar-refractivity contribution in [2.24, 2.45) is 0 Å². The minimum atomic E-state index is -1.53. The number of hydrogen-bond donors (Lipinski definition) is 0. The van der Waals surface area contributed by atoms with E-state index in [1.165, 1.54) is 0 Å². The molecule has 84 valence electrons. The average molecular weight is 235 g/mol. The van der Waals surface area contributed by atoms with Crippen LogP contribution in [0.2, 0.25) is 18.1 Å². The summed E-state index contributed by atoms with van der Waals surface area (Å²) in [5, 5.41) is 0.309. The molecule has 14 heavy (non-hydrogen) atoms. The van der Waals surface area contributed by atoms with Crippen molar-refractivity contribution in [2.75, 3.05) is 12.5 Å². The molecule has 0 spiro atoms. The van der Waals surface area contributed by atoms with Crippen molar-refractivity contribution in [2.45, 2.75) is 45.3 Å². The molecule has 0 amide bonds. The van der Waals surface area contributed by atoms with Crippen LogP contribution in [0.1, 0.15) is 27.2 Å². The molecule has 0 aromatic carbocycles. The highest BCUT2D eigenvalue weighted by Crippen LogP contribution is 2.36. The first kappa shape index (κ1) is 14.2. The topological polar surface area (TPSA) is 9.23 Å². The number of hydrogen-bond acceptors (Lipinski definition) is 1. The van der Waals surface area contributed by atoms with Gasteiger partial charge in [-0.3, -0.25) is 0 Å². The second-order valence-corrected chi connectivity index (χ2v) is 10.1. The van der Waals surface area contributed by atoms with Crippen LogP contribution in [0.4, 0.5) is 0 Å². The summed E-state index contributed by atoms with van der Waals surface area (Å²) in [6.45, 7) is 12.1. The summed E-state index contributed by atoms with van der Waals surface area (Å²) < 4.78 is 5.99. The van der Waals surface area contributed by atoms with Gasteiger partial charge in [0, 0.05) is 12.5 Å². The average Bonchev–Trinajstić information content (AvgIpc) is 2.02. The molecule has 0 saturated carbocycles. The molecule has 0 radical (unpaired) electrons. The number of rotatable bonds is 5. The van der Waals surface area contributed by atoms with Gasteiger partial charge in [0.05, 0.1) is 0 Å². The van der Waals surface area contributed by atoms with Gasteiger partial charge in [-0.1, -0.05) is 32.9 Å². The minimum absolute atomic E-state index is 0.309. The molecule has 0 heterocycles. The van der Waals surface area contributed by atoms with Gasteiger partial charge in [0.2, 0.25) is 0 Å².